The molecule has 2 atom stereocenters. The fourth-order valence-corrected chi connectivity index (χ4v) is 1.25. The number of halogens is 4. The predicted molar refractivity (Wildman–Crippen MR) is 53.6 cm³/mol. The quantitative estimate of drug-likeness (QED) is 0.782. The van der Waals surface area contributed by atoms with Crippen LogP contribution in [-0.4, -0.2) is 6.04 Å². The Hall–Kier alpha value is -1.10. The molecular weight excluding hydrogens is 222 g/mol. The van der Waals surface area contributed by atoms with Crippen molar-refractivity contribution < 1.29 is 17.6 Å². The van der Waals surface area contributed by atoms with Gasteiger partial charge in [0.25, 0.3) is 0 Å². The molecule has 0 bridgehead atoms. The van der Waals surface area contributed by atoms with Crippen LogP contribution in [0.3, 0.4) is 0 Å². The number of nitrogens with two attached hydrogens (primary N) is 1. The van der Waals surface area contributed by atoms with Crippen LogP contribution in [-0.2, 0) is 11.8 Å². The normalized spacial score (nSPS) is 17.9. The highest BCUT2D eigenvalue weighted by Gasteiger charge is 2.33. The zero-order chi connectivity index (χ0) is 12.6. The van der Waals surface area contributed by atoms with E-state index in [0.29, 0.717) is 0 Å². The van der Waals surface area contributed by atoms with Gasteiger partial charge in [-0.05, 0) is 31.5 Å². The van der Waals surface area contributed by atoms with Gasteiger partial charge in [0.15, 0.2) is 0 Å². The first-order valence-corrected chi connectivity index (χ1v) is 4.78. The summed E-state index contributed by atoms with van der Waals surface area (Å²) in [7, 11) is 0. The van der Waals surface area contributed by atoms with Gasteiger partial charge in [0.1, 0.15) is 5.67 Å². The van der Waals surface area contributed by atoms with Gasteiger partial charge < -0.3 is 5.73 Å². The van der Waals surface area contributed by atoms with Gasteiger partial charge in [0.2, 0.25) is 0 Å². The molecule has 1 aromatic rings. The first kappa shape index (κ1) is 13.0. The lowest BCUT2D eigenvalue weighted by atomic mass is 9.91. The van der Waals surface area contributed by atoms with Gasteiger partial charge in [-0.2, -0.15) is 13.2 Å². The summed E-state index contributed by atoms with van der Waals surface area (Å²) in [6.45, 7) is 2.72. The van der Waals surface area contributed by atoms with Crippen molar-refractivity contribution in [3.63, 3.8) is 0 Å². The van der Waals surface area contributed by atoms with Crippen molar-refractivity contribution in [1.29, 1.82) is 0 Å². The first-order chi connectivity index (χ1) is 7.15. The monoisotopic (exact) mass is 235 g/mol. The molecule has 5 heteroatoms. The summed E-state index contributed by atoms with van der Waals surface area (Å²) in [5, 5.41) is 0. The standard InChI is InChI=1S/C11H13F4N/c1-7(16)10(2,12)8-3-5-9(6-4-8)11(13,14)15/h3-7H,16H2,1-2H3. The van der Waals surface area contributed by atoms with Crippen LogP contribution in [0, 0.1) is 0 Å². The van der Waals surface area contributed by atoms with E-state index < -0.39 is 23.5 Å². The second-order valence-electron chi connectivity index (χ2n) is 3.94. The summed E-state index contributed by atoms with van der Waals surface area (Å²) in [4.78, 5) is 0. The zero-order valence-corrected chi connectivity index (χ0v) is 8.98. The fraction of sp³-hybridized carbons (Fsp3) is 0.455. The molecule has 1 rings (SSSR count). The van der Waals surface area contributed by atoms with Crippen LogP contribution in [0.2, 0.25) is 0 Å². The van der Waals surface area contributed by atoms with Gasteiger partial charge in [0.05, 0.1) is 5.56 Å². The average Bonchev–Trinajstić information content (AvgIpc) is 2.16. The molecule has 90 valence electrons. The second kappa shape index (κ2) is 4.05. The molecule has 16 heavy (non-hydrogen) atoms. The van der Waals surface area contributed by atoms with Crippen molar-refractivity contribution in [1.82, 2.24) is 0 Å². The molecule has 1 nitrogen and oxygen atoms in total. The summed E-state index contributed by atoms with van der Waals surface area (Å²) in [5.41, 5.74) is 2.95. The molecule has 2 N–H and O–H groups in total. The summed E-state index contributed by atoms with van der Waals surface area (Å²) in [5.74, 6) is 0. The molecule has 2 unspecified atom stereocenters. The third-order valence-corrected chi connectivity index (χ3v) is 2.63. The SMILES string of the molecule is CC(N)C(C)(F)c1ccc(C(F)(F)F)cc1. The third-order valence-electron chi connectivity index (χ3n) is 2.63. The van der Waals surface area contributed by atoms with Crippen LogP contribution in [0.4, 0.5) is 17.6 Å². The van der Waals surface area contributed by atoms with Crippen LogP contribution < -0.4 is 5.73 Å². The molecule has 0 aliphatic carbocycles. The van der Waals surface area contributed by atoms with Gasteiger partial charge in [-0.1, -0.05) is 12.1 Å². The number of benzene rings is 1. The Kier molecular flexibility index (Phi) is 3.28. The maximum absolute atomic E-state index is 14.0. The smallest absolute Gasteiger partial charge is 0.325 e. The topological polar surface area (TPSA) is 26.0 Å². The maximum atomic E-state index is 14.0. The van der Waals surface area contributed by atoms with E-state index >= 15 is 0 Å². The van der Waals surface area contributed by atoms with Crippen molar-refractivity contribution >= 4 is 0 Å². The van der Waals surface area contributed by atoms with Gasteiger partial charge in [-0.15, -0.1) is 0 Å². The van der Waals surface area contributed by atoms with Gasteiger partial charge >= 0.3 is 6.18 Å². The molecule has 0 heterocycles. The van der Waals surface area contributed by atoms with E-state index in [2.05, 4.69) is 0 Å². The van der Waals surface area contributed by atoms with E-state index in [1.54, 1.807) is 0 Å². The lowest BCUT2D eigenvalue weighted by Crippen LogP contribution is -2.37. The maximum Gasteiger partial charge on any atom is 0.416 e. The van der Waals surface area contributed by atoms with E-state index in [-0.39, 0.29) is 5.56 Å². The molecule has 0 aromatic heterocycles. The van der Waals surface area contributed by atoms with E-state index in [4.69, 9.17) is 5.73 Å². The van der Waals surface area contributed by atoms with Crippen molar-refractivity contribution in [2.24, 2.45) is 5.73 Å². The van der Waals surface area contributed by atoms with E-state index in [0.717, 1.165) is 24.3 Å². The number of hydrogen-bond donors (Lipinski definition) is 1. The van der Waals surface area contributed by atoms with Crippen LogP contribution in [0.5, 0.6) is 0 Å². The zero-order valence-electron chi connectivity index (χ0n) is 8.98. The largest absolute Gasteiger partial charge is 0.416 e. The van der Waals surface area contributed by atoms with Crippen LogP contribution in [0.25, 0.3) is 0 Å². The summed E-state index contributed by atoms with van der Waals surface area (Å²) < 4.78 is 50.7. The number of rotatable bonds is 2. The van der Waals surface area contributed by atoms with E-state index in [9.17, 15) is 17.6 Å². The van der Waals surface area contributed by atoms with Crippen molar-refractivity contribution in [3.05, 3.63) is 35.4 Å². The Balaban J connectivity index is 3.05. The minimum absolute atomic E-state index is 0.149. The summed E-state index contributed by atoms with van der Waals surface area (Å²) in [6.07, 6.45) is -4.40. The van der Waals surface area contributed by atoms with E-state index in [1.807, 2.05) is 0 Å². The van der Waals surface area contributed by atoms with Crippen molar-refractivity contribution in [3.8, 4) is 0 Å². The Bertz CT molecular complexity index is 351. The summed E-state index contributed by atoms with van der Waals surface area (Å²) in [6, 6.07) is 3.16. The molecule has 1 aromatic carbocycles. The molecule has 0 saturated heterocycles. The molecule has 0 saturated carbocycles. The van der Waals surface area contributed by atoms with Gasteiger partial charge in [-0.25, -0.2) is 4.39 Å². The average molecular weight is 235 g/mol. The Morgan fingerprint density at radius 2 is 1.38 bits per heavy atom. The van der Waals surface area contributed by atoms with Crippen LogP contribution >= 0.6 is 0 Å². The van der Waals surface area contributed by atoms with Crippen LogP contribution in [0.15, 0.2) is 24.3 Å². The predicted octanol–water partition coefficient (Wildman–Crippen LogP) is 3.24. The lowest BCUT2D eigenvalue weighted by molar-refractivity contribution is -0.137. The highest BCUT2D eigenvalue weighted by atomic mass is 19.4. The Labute approximate surface area is 91.3 Å². The number of alkyl halides is 4. The Morgan fingerprint density at radius 3 is 1.69 bits per heavy atom. The molecular formula is C11H13F4N. The van der Waals surface area contributed by atoms with E-state index in [1.165, 1.54) is 13.8 Å². The minimum atomic E-state index is -4.40. The summed E-state index contributed by atoms with van der Waals surface area (Å²) >= 11 is 0. The highest BCUT2D eigenvalue weighted by Crippen LogP contribution is 2.33. The molecule has 0 aliphatic heterocycles. The van der Waals surface area contributed by atoms with Gasteiger partial charge in [-0.3, -0.25) is 0 Å². The van der Waals surface area contributed by atoms with Crippen LogP contribution in [0.1, 0.15) is 25.0 Å². The first-order valence-electron chi connectivity index (χ1n) is 4.78. The van der Waals surface area contributed by atoms with Crippen molar-refractivity contribution in [2.45, 2.75) is 31.7 Å². The molecule has 0 spiro atoms. The molecule has 0 fully saturated rings. The third kappa shape index (κ3) is 2.52. The van der Waals surface area contributed by atoms with Crippen molar-refractivity contribution in [2.75, 3.05) is 0 Å². The second-order valence-corrected chi connectivity index (χ2v) is 3.94. The Morgan fingerprint density at radius 1 is 1.00 bits per heavy atom. The minimum Gasteiger partial charge on any atom is -0.325 e. The fourth-order valence-electron chi connectivity index (χ4n) is 1.25. The molecule has 0 radical (unpaired) electrons. The number of hydrogen-bond acceptors (Lipinski definition) is 1. The van der Waals surface area contributed by atoms with Gasteiger partial charge in [0, 0.05) is 6.04 Å². The molecule has 0 amide bonds. The highest BCUT2D eigenvalue weighted by molar-refractivity contribution is 5.29. The lowest BCUT2D eigenvalue weighted by Gasteiger charge is -2.25. The molecule has 0 aliphatic rings.